The molecule has 0 bridgehead atoms. The highest BCUT2D eigenvalue weighted by Gasteiger charge is 2.35. The Morgan fingerprint density at radius 2 is 1.79 bits per heavy atom. The number of imidazole rings is 1. The molecular weight excluding hydrogens is 466 g/mol. The lowest BCUT2D eigenvalue weighted by molar-refractivity contribution is -0.137. The number of amides is 1. The first-order valence-electron chi connectivity index (χ1n) is 9.20. The summed E-state index contributed by atoms with van der Waals surface area (Å²) < 4.78 is 56.9. The zero-order valence-electron chi connectivity index (χ0n) is 16.3. The predicted molar refractivity (Wildman–Crippen MR) is 112 cm³/mol. The Bertz CT molecular complexity index is 1430. The molecule has 0 unspecified atom stereocenters. The van der Waals surface area contributed by atoms with Gasteiger partial charge in [0.05, 0.1) is 38.3 Å². The molecule has 0 saturated carbocycles. The molecule has 33 heavy (non-hydrogen) atoms. The molecule has 0 aliphatic heterocycles. The van der Waals surface area contributed by atoms with Crippen molar-refractivity contribution in [3.8, 4) is 17.1 Å². The second-order valence-corrected chi connectivity index (χ2v) is 7.38. The number of carbonyl (C=O) groups excluding carboxylic acids is 1. The second kappa shape index (κ2) is 7.89. The molecular formula is C22H12ClF4N3O3. The number of hydrogen-bond acceptors (Lipinski definition) is 3. The molecule has 1 amide bonds. The molecule has 0 aliphatic rings. The Labute approximate surface area is 187 Å². The molecule has 0 spiro atoms. The molecule has 0 radical (unpaired) electrons. The number of carboxylic acid groups (broad SMARTS) is 1. The van der Waals surface area contributed by atoms with Crippen LogP contribution in [0.15, 0.2) is 54.6 Å². The number of nitrogens with zero attached hydrogens (tertiary/aromatic N) is 2. The van der Waals surface area contributed by atoms with Crippen LogP contribution in [0.3, 0.4) is 0 Å². The Morgan fingerprint density at radius 1 is 1.06 bits per heavy atom. The summed E-state index contributed by atoms with van der Waals surface area (Å²) in [7, 11) is 0. The number of benzene rings is 3. The number of rotatable bonds is 4. The van der Waals surface area contributed by atoms with Crippen LogP contribution in [-0.2, 0) is 6.18 Å². The van der Waals surface area contributed by atoms with Gasteiger partial charge < -0.3 is 10.8 Å². The average molecular weight is 478 g/mol. The van der Waals surface area contributed by atoms with E-state index in [-0.39, 0.29) is 38.7 Å². The number of carboxylic acids is 1. The van der Waals surface area contributed by atoms with E-state index < -0.39 is 35.0 Å². The number of aromatic nitrogens is 2. The van der Waals surface area contributed by atoms with E-state index in [0.717, 1.165) is 12.1 Å². The van der Waals surface area contributed by atoms with Crippen LogP contribution in [0.2, 0.25) is 5.02 Å². The maximum atomic E-state index is 14.7. The highest BCUT2D eigenvalue weighted by Crippen LogP contribution is 2.38. The quantitative estimate of drug-likeness (QED) is 0.390. The number of aromatic carboxylic acids is 1. The minimum absolute atomic E-state index is 0.0604. The van der Waals surface area contributed by atoms with Crippen LogP contribution in [0.5, 0.6) is 0 Å². The van der Waals surface area contributed by atoms with E-state index in [4.69, 9.17) is 17.3 Å². The zero-order valence-corrected chi connectivity index (χ0v) is 17.1. The SMILES string of the molecule is NC(=O)c1ccc(-n2c(-c3c(F)cccc3Cl)nc3cc(C(=O)O)ccc32)cc1C(F)(F)F. The summed E-state index contributed by atoms with van der Waals surface area (Å²) in [6.45, 7) is 0. The van der Waals surface area contributed by atoms with Crippen LogP contribution >= 0.6 is 11.6 Å². The molecule has 4 aromatic rings. The van der Waals surface area contributed by atoms with Crippen LogP contribution in [0.4, 0.5) is 17.6 Å². The van der Waals surface area contributed by atoms with Crippen molar-refractivity contribution < 1.29 is 32.3 Å². The van der Waals surface area contributed by atoms with E-state index in [2.05, 4.69) is 4.98 Å². The van der Waals surface area contributed by atoms with E-state index in [1.807, 2.05) is 0 Å². The molecule has 168 valence electrons. The number of halogens is 5. The lowest BCUT2D eigenvalue weighted by atomic mass is 10.0. The van der Waals surface area contributed by atoms with E-state index in [9.17, 15) is 32.3 Å². The van der Waals surface area contributed by atoms with Crippen molar-refractivity contribution in [2.45, 2.75) is 6.18 Å². The molecule has 0 saturated heterocycles. The van der Waals surface area contributed by atoms with Crippen LogP contribution < -0.4 is 5.73 Å². The molecule has 3 N–H and O–H groups in total. The third kappa shape index (κ3) is 3.89. The first kappa shape index (κ1) is 22.3. The van der Waals surface area contributed by atoms with Crippen LogP contribution in [0, 0.1) is 5.82 Å². The van der Waals surface area contributed by atoms with Crippen molar-refractivity contribution in [1.29, 1.82) is 0 Å². The molecule has 0 fully saturated rings. The Kier molecular flexibility index (Phi) is 5.33. The van der Waals surface area contributed by atoms with Gasteiger partial charge >= 0.3 is 12.1 Å². The van der Waals surface area contributed by atoms with Crippen LogP contribution in [0.25, 0.3) is 28.1 Å². The summed E-state index contributed by atoms with van der Waals surface area (Å²) in [6, 6.07) is 10.4. The van der Waals surface area contributed by atoms with Gasteiger partial charge in [0.25, 0.3) is 0 Å². The molecule has 0 aliphatic carbocycles. The fraction of sp³-hybridized carbons (Fsp3) is 0.0455. The second-order valence-electron chi connectivity index (χ2n) is 6.97. The summed E-state index contributed by atoms with van der Waals surface area (Å²) in [5, 5.41) is 9.21. The fourth-order valence-corrected chi connectivity index (χ4v) is 3.72. The predicted octanol–water partition coefficient (Wildman–Crippen LogP) is 5.30. The van der Waals surface area contributed by atoms with Gasteiger partial charge in [-0.15, -0.1) is 0 Å². The van der Waals surface area contributed by atoms with Crippen LogP contribution in [0.1, 0.15) is 26.3 Å². The monoisotopic (exact) mass is 477 g/mol. The van der Waals surface area contributed by atoms with Crippen molar-refractivity contribution in [2.24, 2.45) is 5.73 Å². The molecule has 0 atom stereocenters. The van der Waals surface area contributed by atoms with Crippen molar-refractivity contribution in [3.63, 3.8) is 0 Å². The molecule has 11 heteroatoms. The van der Waals surface area contributed by atoms with Gasteiger partial charge in [0.15, 0.2) is 0 Å². The molecule has 3 aromatic carbocycles. The van der Waals surface area contributed by atoms with Crippen LogP contribution in [-0.4, -0.2) is 26.5 Å². The van der Waals surface area contributed by atoms with Gasteiger partial charge in [0.2, 0.25) is 5.91 Å². The first-order chi connectivity index (χ1) is 15.5. The van der Waals surface area contributed by atoms with Gasteiger partial charge in [-0.2, -0.15) is 13.2 Å². The normalized spacial score (nSPS) is 11.7. The molecule has 1 aromatic heterocycles. The Balaban J connectivity index is 2.11. The van der Waals surface area contributed by atoms with E-state index in [0.29, 0.717) is 6.07 Å². The standard InChI is InChI=1S/C22H12ClF4N3O3/c23-14-2-1-3-15(24)18(14)20-29-16-8-10(21(32)33)4-7-17(16)30(20)11-5-6-12(19(28)31)13(9-11)22(25,26)27/h1-9H,(H2,28,31)(H,32,33). The van der Waals surface area contributed by atoms with Crippen molar-refractivity contribution in [1.82, 2.24) is 9.55 Å². The lowest BCUT2D eigenvalue weighted by Gasteiger charge is -2.16. The van der Waals surface area contributed by atoms with Gasteiger partial charge in [-0.25, -0.2) is 14.2 Å². The Hall–Kier alpha value is -3.92. The number of nitrogens with two attached hydrogens (primary N) is 1. The third-order valence-corrected chi connectivity index (χ3v) is 5.23. The molecule has 1 heterocycles. The maximum Gasteiger partial charge on any atom is 0.417 e. The number of hydrogen-bond donors (Lipinski definition) is 2. The van der Waals surface area contributed by atoms with E-state index in [1.165, 1.54) is 41.0 Å². The largest absolute Gasteiger partial charge is 0.478 e. The topological polar surface area (TPSA) is 98.2 Å². The van der Waals surface area contributed by atoms with Gasteiger partial charge in [-0.3, -0.25) is 9.36 Å². The maximum absolute atomic E-state index is 14.7. The van der Waals surface area contributed by atoms with Crippen molar-refractivity contribution >= 4 is 34.5 Å². The van der Waals surface area contributed by atoms with Crippen molar-refractivity contribution in [3.05, 3.63) is 82.1 Å². The minimum atomic E-state index is -4.91. The number of alkyl halides is 3. The number of carbonyl (C=O) groups is 2. The first-order valence-corrected chi connectivity index (χ1v) is 9.58. The highest BCUT2D eigenvalue weighted by atomic mass is 35.5. The van der Waals surface area contributed by atoms with E-state index >= 15 is 0 Å². The third-order valence-electron chi connectivity index (χ3n) is 4.92. The number of fused-ring (bicyclic) bond motifs is 1. The van der Waals surface area contributed by atoms with Crippen molar-refractivity contribution in [2.75, 3.05) is 0 Å². The summed E-state index contributed by atoms with van der Waals surface area (Å²) in [6.07, 6.45) is -4.91. The lowest BCUT2D eigenvalue weighted by Crippen LogP contribution is -2.19. The van der Waals surface area contributed by atoms with Gasteiger partial charge in [0, 0.05) is 5.69 Å². The summed E-state index contributed by atoms with van der Waals surface area (Å²) in [5.74, 6) is -3.46. The summed E-state index contributed by atoms with van der Waals surface area (Å²) in [4.78, 5) is 27.2. The minimum Gasteiger partial charge on any atom is -0.478 e. The summed E-state index contributed by atoms with van der Waals surface area (Å²) in [5.41, 5.74) is 2.89. The average Bonchev–Trinajstić information content (AvgIpc) is 3.10. The highest BCUT2D eigenvalue weighted by molar-refractivity contribution is 6.33. The number of primary amides is 1. The van der Waals surface area contributed by atoms with E-state index in [1.54, 1.807) is 0 Å². The van der Waals surface area contributed by atoms with Gasteiger partial charge in [0.1, 0.15) is 11.6 Å². The summed E-state index contributed by atoms with van der Waals surface area (Å²) >= 11 is 6.17. The fourth-order valence-electron chi connectivity index (χ4n) is 3.47. The van der Waals surface area contributed by atoms with Gasteiger partial charge in [-0.05, 0) is 48.5 Å². The Morgan fingerprint density at radius 3 is 2.39 bits per heavy atom. The smallest absolute Gasteiger partial charge is 0.417 e. The molecule has 6 nitrogen and oxygen atoms in total. The molecule has 4 rings (SSSR count). The van der Waals surface area contributed by atoms with Gasteiger partial charge in [-0.1, -0.05) is 17.7 Å². The zero-order chi connectivity index (χ0) is 24.1.